The molecule has 2 unspecified atom stereocenters. The molecule has 1 rings (SSSR count). The molecule has 1 aromatic rings. The Morgan fingerprint density at radius 2 is 2.11 bits per heavy atom. The van der Waals surface area contributed by atoms with E-state index >= 15 is 0 Å². The SMILES string of the molecule is CCNC(Cc1c(Cl)c(C)nn1CC)C(C)OC. The minimum Gasteiger partial charge on any atom is -0.380 e. The molecule has 2 atom stereocenters. The maximum atomic E-state index is 6.33. The quantitative estimate of drug-likeness (QED) is 0.829. The zero-order valence-corrected chi connectivity index (χ0v) is 12.7. The van der Waals surface area contributed by atoms with Crippen LogP contribution in [0.15, 0.2) is 0 Å². The average molecular weight is 274 g/mol. The standard InChI is InChI=1S/C13H24ClN3O/c1-6-15-11(10(4)18-5)8-12-13(14)9(3)16-17(12)7-2/h10-11,15H,6-8H2,1-5H3. The molecule has 0 saturated carbocycles. The molecular formula is C13H24ClN3O. The Kier molecular flexibility index (Phi) is 6.12. The monoisotopic (exact) mass is 273 g/mol. The fourth-order valence-electron chi connectivity index (χ4n) is 2.10. The topological polar surface area (TPSA) is 39.1 Å². The van der Waals surface area contributed by atoms with E-state index in [-0.39, 0.29) is 12.1 Å². The molecule has 0 fully saturated rings. The number of methoxy groups -OCH3 is 1. The van der Waals surface area contributed by atoms with Crippen molar-refractivity contribution in [2.75, 3.05) is 13.7 Å². The number of nitrogens with one attached hydrogen (secondary N) is 1. The number of likely N-dealkylation sites (N-methyl/N-ethyl adjacent to an activating group) is 1. The first-order valence-corrected chi connectivity index (χ1v) is 6.90. The smallest absolute Gasteiger partial charge is 0.0847 e. The molecule has 0 spiro atoms. The molecule has 0 amide bonds. The third-order valence-electron chi connectivity index (χ3n) is 3.27. The van der Waals surface area contributed by atoms with Crippen molar-refractivity contribution in [1.29, 1.82) is 0 Å². The van der Waals surface area contributed by atoms with Crippen molar-refractivity contribution in [2.24, 2.45) is 0 Å². The Morgan fingerprint density at radius 3 is 2.61 bits per heavy atom. The van der Waals surface area contributed by atoms with Crippen LogP contribution in [0.5, 0.6) is 0 Å². The molecule has 1 heterocycles. The highest BCUT2D eigenvalue weighted by molar-refractivity contribution is 6.31. The second-order valence-electron chi connectivity index (χ2n) is 4.47. The van der Waals surface area contributed by atoms with Crippen LogP contribution in [0.2, 0.25) is 5.02 Å². The maximum absolute atomic E-state index is 6.33. The molecule has 18 heavy (non-hydrogen) atoms. The van der Waals surface area contributed by atoms with Crippen molar-refractivity contribution < 1.29 is 4.74 Å². The van der Waals surface area contributed by atoms with Gasteiger partial charge in [0.05, 0.1) is 22.5 Å². The van der Waals surface area contributed by atoms with E-state index in [1.807, 2.05) is 11.6 Å². The lowest BCUT2D eigenvalue weighted by molar-refractivity contribution is 0.0829. The molecular weight excluding hydrogens is 250 g/mol. The van der Waals surface area contributed by atoms with Crippen molar-refractivity contribution in [3.05, 3.63) is 16.4 Å². The Balaban J connectivity index is 2.92. The second kappa shape index (κ2) is 7.12. The largest absolute Gasteiger partial charge is 0.380 e. The molecule has 0 bridgehead atoms. The fraction of sp³-hybridized carbons (Fsp3) is 0.769. The number of halogens is 1. The molecule has 4 nitrogen and oxygen atoms in total. The van der Waals surface area contributed by atoms with Gasteiger partial charge in [0.15, 0.2) is 0 Å². The lowest BCUT2D eigenvalue weighted by Gasteiger charge is -2.24. The molecule has 104 valence electrons. The third kappa shape index (κ3) is 3.46. The van der Waals surface area contributed by atoms with Gasteiger partial charge in [-0.15, -0.1) is 0 Å². The zero-order valence-electron chi connectivity index (χ0n) is 12.0. The van der Waals surface area contributed by atoms with E-state index < -0.39 is 0 Å². The van der Waals surface area contributed by atoms with Crippen molar-refractivity contribution in [3.8, 4) is 0 Å². The van der Waals surface area contributed by atoms with Gasteiger partial charge in [-0.1, -0.05) is 18.5 Å². The molecule has 0 aliphatic rings. The summed E-state index contributed by atoms with van der Waals surface area (Å²) in [7, 11) is 1.74. The number of aromatic nitrogens is 2. The molecule has 0 radical (unpaired) electrons. The predicted octanol–water partition coefficient (Wildman–Crippen LogP) is 2.42. The van der Waals surface area contributed by atoms with E-state index in [9.17, 15) is 0 Å². The van der Waals surface area contributed by atoms with E-state index in [4.69, 9.17) is 16.3 Å². The maximum Gasteiger partial charge on any atom is 0.0847 e. The van der Waals surface area contributed by atoms with Crippen molar-refractivity contribution >= 4 is 11.6 Å². The molecule has 0 saturated heterocycles. The van der Waals surface area contributed by atoms with Crippen LogP contribution < -0.4 is 5.32 Å². The zero-order chi connectivity index (χ0) is 13.7. The Bertz CT molecular complexity index is 379. The number of nitrogens with zero attached hydrogens (tertiary/aromatic N) is 2. The highest BCUT2D eigenvalue weighted by Gasteiger charge is 2.21. The van der Waals surface area contributed by atoms with Gasteiger partial charge in [0.2, 0.25) is 0 Å². The Morgan fingerprint density at radius 1 is 1.44 bits per heavy atom. The van der Waals surface area contributed by atoms with Gasteiger partial charge in [-0.25, -0.2) is 0 Å². The van der Waals surface area contributed by atoms with Gasteiger partial charge in [-0.2, -0.15) is 5.10 Å². The van der Waals surface area contributed by atoms with Crippen LogP contribution in [0.1, 0.15) is 32.2 Å². The van der Waals surface area contributed by atoms with E-state index in [1.54, 1.807) is 7.11 Å². The van der Waals surface area contributed by atoms with Gasteiger partial charge in [0.25, 0.3) is 0 Å². The van der Waals surface area contributed by atoms with Gasteiger partial charge in [0, 0.05) is 26.1 Å². The molecule has 1 N–H and O–H groups in total. The third-order valence-corrected chi connectivity index (χ3v) is 3.76. The molecule has 0 aliphatic carbocycles. The summed E-state index contributed by atoms with van der Waals surface area (Å²) >= 11 is 6.33. The highest BCUT2D eigenvalue weighted by Crippen LogP contribution is 2.22. The summed E-state index contributed by atoms with van der Waals surface area (Å²) in [6.45, 7) is 9.94. The van der Waals surface area contributed by atoms with Crippen LogP contribution in [0.4, 0.5) is 0 Å². The first-order chi connectivity index (χ1) is 8.54. The summed E-state index contributed by atoms with van der Waals surface area (Å²) in [6, 6.07) is 0.249. The number of hydrogen-bond acceptors (Lipinski definition) is 3. The van der Waals surface area contributed by atoms with Gasteiger partial charge >= 0.3 is 0 Å². The van der Waals surface area contributed by atoms with Crippen LogP contribution >= 0.6 is 11.6 Å². The number of rotatable bonds is 7. The van der Waals surface area contributed by atoms with E-state index in [0.717, 1.165) is 35.9 Å². The van der Waals surface area contributed by atoms with Crippen molar-refractivity contribution in [3.63, 3.8) is 0 Å². The highest BCUT2D eigenvalue weighted by atomic mass is 35.5. The van der Waals surface area contributed by atoms with Crippen LogP contribution in [0, 0.1) is 6.92 Å². The summed E-state index contributed by atoms with van der Waals surface area (Å²) in [4.78, 5) is 0. The minimum absolute atomic E-state index is 0.140. The van der Waals surface area contributed by atoms with E-state index in [1.165, 1.54) is 0 Å². The lowest BCUT2D eigenvalue weighted by Crippen LogP contribution is -2.41. The Labute approximate surface area is 115 Å². The summed E-state index contributed by atoms with van der Waals surface area (Å²) in [5.74, 6) is 0. The van der Waals surface area contributed by atoms with Gasteiger partial charge < -0.3 is 10.1 Å². The number of aryl methyl sites for hydroxylation is 2. The fourth-order valence-corrected chi connectivity index (χ4v) is 2.32. The molecule has 0 aliphatic heterocycles. The van der Waals surface area contributed by atoms with Gasteiger partial charge in [0.1, 0.15) is 0 Å². The van der Waals surface area contributed by atoms with Crippen LogP contribution in [-0.2, 0) is 17.7 Å². The van der Waals surface area contributed by atoms with E-state index in [2.05, 4.69) is 31.2 Å². The number of hydrogen-bond donors (Lipinski definition) is 1. The normalized spacial score (nSPS) is 14.8. The van der Waals surface area contributed by atoms with Crippen LogP contribution in [0.25, 0.3) is 0 Å². The first kappa shape index (κ1) is 15.5. The summed E-state index contributed by atoms with van der Waals surface area (Å²) in [5, 5.41) is 8.67. The van der Waals surface area contributed by atoms with Crippen LogP contribution in [-0.4, -0.2) is 35.6 Å². The summed E-state index contributed by atoms with van der Waals surface area (Å²) < 4.78 is 7.40. The van der Waals surface area contributed by atoms with Crippen molar-refractivity contribution in [2.45, 2.75) is 52.8 Å². The summed E-state index contributed by atoms with van der Waals surface area (Å²) in [6.07, 6.45) is 0.970. The van der Waals surface area contributed by atoms with Crippen molar-refractivity contribution in [1.82, 2.24) is 15.1 Å². The second-order valence-corrected chi connectivity index (χ2v) is 4.85. The Hall–Kier alpha value is -0.580. The van der Waals surface area contributed by atoms with Crippen LogP contribution in [0.3, 0.4) is 0 Å². The minimum atomic E-state index is 0.140. The first-order valence-electron chi connectivity index (χ1n) is 6.53. The van der Waals surface area contributed by atoms with Gasteiger partial charge in [-0.3, -0.25) is 4.68 Å². The molecule has 0 aromatic carbocycles. The van der Waals surface area contributed by atoms with Gasteiger partial charge in [-0.05, 0) is 27.3 Å². The van der Waals surface area contributed by atoms with E-state index in [0.29, 0.717) is 0 Å². The molecule has 5 heteroatoms. The summed E-state index contributed by atoms with van der Waals surface area (Å²) in [5.41, 5.74) is 1.99. The number of ether oxygens (including phenoxy) is 1. The predicted molar refractivity (Wildman–Crippen MR) is 75.3 cm³/mol. The molecule has 1 aromatic heterocycles. The lowest BCUT2D eigenvalue weighted by atomic mass is 10.1. The average Bonchev–Trinajstić information content (AvgIpc) is 2.64.